The van der Waals surface area contributed by atoms with Gasteiger partial charge in [0.25, 0.3) is 0 Å². The fraction of sp³-hybridized carbons (Fsp3) is 0.714. The van der Waals surface area contributed by atoms with E-state index in [-0.39, 0.29) is 0 Å². The second-order valence-corrected chi connectivity index (χ2v) is 4.74. The lowest BCUT2D eigenvalue weighted by molar-refractivity contribution is 0.231. The first kappa shape index (κ1) is 14.4. The molecule has 0 radical (unpaired) electrons. The van der Waals surface area contributed by atoms with E-state index >= 15 is 0 Å². The molecule has 0 amide bonds. The van der Waals surface area contributed by atoms with Crippen molar-refractivity contribution in [1.29, 1.82) is 0 Å². The van der Waals surface area contributed by atoms with E-state index in [1.54, 1.807) is 0 Å². The molecule has 0 bridgehead atoms. The molecule has 88 valence electrons. The summed E-state index contributed by atoms with van der Waals surface area (Å²) in [6.07, 6.45) is 9.11. The maximum atomic E-state index is 8.87. The maximum absolute atomic E-state index is 8.87. The molecule has 0 aliphatic heterocycles. The van der Waals surface area contributed by atoms with Gasteiger partial charge in [-0.1, -0.05) is 30.2 Å². The number of hydrogen-bond donors (Lipinski definition) is 1. The van der Waals surface area contributed by atoms with E-state index in [1.165, 1.54) is 17.6 Å². The van der Waals surface area contributed by atoms with Gasteiger partial charge in [-0.05, 0) is 52.4 Å². The second kappa shape index (κ2) is 8.72. The summed E-state index contributed by atoms with van der Waals surface area (Å²) in [7, 11) is 0. The summed E-state index contributed by atoms with van der Waals surface area (Å²) in [6, 6.07) is 0. The molecule has 1 N–H and O–H groups in total. The Kier molecular flexibility index (Phi) is 8.40. The van der Waals surface area contributed by atoms with Crippen molar-refractivity contribution in [1.82, 2.24) is 0 Å². The van der Waals surface area contributed by atoms with E-state index in [1.807, 2.05) is 0 Å². The molecule has 1 nitrogen and oxygen atoms in total. The molecule has 0 aromatic rings. The minimum Gasteiger partial charge on any atom is -0.396 e. The minimum atomic E-state index is 0.310. The molecule has 0 heterocycles. The first-order chi connectivity index (χ1) is 7.06. The molecule has 0 saturated heterocycles. The molecule has 0 spiro atoms. The largest absolute Gasteiger partial charge is 0.396 e. The lowest BCUT2D eigenvalue weighted by Gasteiger charge is -2.05. The molecule has 0 fully saturated rings. The third-order valence-electron chi connectivity index (χ3n) is 2.56. The smallest absolute Gasteiger partial charge is 0.0456 e. The van der Waals surface area contributed by atoms with Crippen LogP contribution in [0.1, 0.15) is 53.4 Å². The Morgan fingerprint density at radius 1 is 1.13 bits per heavy atom. The molecule has 0 saturated carbocycles. The van der Waals surface area contributed by atoms with Crippen molar-refractivity contribution < 1.29 is 5.11 Å². The summed E-state index contributed by atoms with van der Waals surface area (Å²) in [4.78, 5) is 0. The monoisotopic (exact) mass is 210 g/mol. The van der Waals surface area contributed by atoms with Crippen LogP contribution in [0.15, 0.2) is 23.3 Å². The molecule has 15 heavy (non-hydrogen) atoms. The predicted molar refractivity (Wildman–Crippen MR) is 67.9 cm³/mol. The van der Waals surface area contributed by atoms with Gasteiger partial charge in [-0.3, -0.25) is 0 Å². The number of aliphatic hydroxyl groups excluding tert-OH is 1. The first-order valence-corrected chi connectivity index (χ1v) is 5.96. The third kappa shape index (κ3) is 9.74. The average Bonchev–Trinajstić information content (AvgIpc) is 2.17. The molecule has 0 aliphatic carbocycles. The fourth-order valence-electron chi connectivity index (χ4n) is 1.40. The van der Waals surface area contributed by atoms with Crippen molar-refractivity contribution in [3.05, 3.63) is 23.3 Å². The number of rotatable bonds is 7. The van der Waals surface area contributed by atoms with Crippen molar-refractivity contribution >= 4 is 0 Å². The minimum absolute atomic E-state index is 0.310. The Hall–Kier alpha value is -0.560. The highest BCUT2D eigenvalue weighted by atomic mass is 16.3. The zero-order valence-electron chi connectivity index (χ0n) is 10.7. The normalized spacial score (nSPS) is 13.8. The van der Waals surface area contributed by atoms with Crippen LogP contribution < -0.4 is 0 Å². The Bertz CT molecular complexity index is 209. The van der Waals surface area contributed by atoms with Crippen LogP contribution in [0.25, 0.3) is 0 Å². The summed E-state index contributed by atoms with van der Waals surface area (Å²) in [6.45, 7) is 8.88. The Morgan fingerprint density at radius 2 is 1.80 bits per heavy atom. The lowest BCUT2D eigenvalue weighted by atomic mass is 10.0. The summed E-state index contributed by atoms with van der Waals surface area (Å²) >= 11 is 0. The van der Waals surface area contributed by atoms with Crippen LogP contribution in [0.2, 0.25) is 0 Å². The van der Waals surface area contributed by atoms with Crippen molar-refractivity contribution in [3.63, 3.8) is 0 Å². The first-order valence-electron chi connectivity index (χ1n) is 5.96. The van der Waals surface area contributed by atoms with Crippen LogP contribution in [0, 0.1) is 5.92 Å². The van der Waals surface area contributed by atoms with Gasteiger partial charge in [0, 0.05) is 6.61 Å². The summed E-state index contributed by atoms with van der Waals surface area (Å²) in [5.41, 5.74) is 2.87. The van der Waals surface area contributed by atoms with E-state index in [2.05, 4.69) is 39.8 Å². The van der Waals surface area contributed by atoms with E-state index in [0.29, 0.717) is 12.5 Å². The van der Waals surface area contributed by atoms with E-state index in [9.17, 15) is 0 Å². The van der Waals surface area contributed by atoms with Gasteiger partial charge in [0.15, 0.2) is 0 Å². The fourth-order valence-corrected chi connectivity index (χ4v) is 1.40. The van der Waals surface area contributed by atoms with Gasteiger partial charge >= 0.3 is 0 Å². The average molecular weight is 210 g/mol. The topological polar surface area (TPSA) is 20.2 Å². The van der Waals surface area contributed by atoms with Gasteiger partial charge in [-0.15, -0.1) is 0 Å². The zero-order chi connectivity index (χ0) is 11.7. The SMILES string of the molecule is CC(C)=CCC/C(C)=C/CCC(C)CO. The molecule has 1 heteroatoms. The lowest BCUT2D eigenvalue weighted by Crippen LogP contribution is -1.99. The van der Waals surface area contributed by atoms with Crippen molar-refractivity contribution in [2.75, 3.05) is 6.61 Å². The quantitative estimate of drug-likeness (QED) is 0.628. The highest BCUT2D eigenvalue weighted by Crippen LogP contribution is 2.11. The van der Waals surface area contributed by atoms with Crippen LogP contribution in [0.4, 0.5) is 0 Å². The van der Waals surface area contributed by atoms with E-state index in [4.69, 9.17) is 5.11 Å². The van der Waals surface area contributed by atoms with Crippen LogP contribution in [-0.2, 0) is 0 Å². The summed E-state index contributed by atoms with van der Waals surface area (Å²) < 4.78 is 0. The molecular weight excluding hydrogens is 184 g/mol. The van der Waals surface area contributed by atoms with Crippen molar-refractivity contribution in [3.8, 4) is 0 Å². The standard InChI is InChI=1S/C14H26O/c1-12(2)7-5-8-13(3)9-6-10-14(4)11-15/h7,9,14-15H,5-6,8,10-11H2,1-4H3/b13-9+. The molecule has 0 aromatic heterocycles. The molecule has 1 unspecified atom stereocenters. The molecule has 0 aromatic carbocycles. The van der Waals surface area contributed by atoms with Crippen LogP contribution in [0.5, 0.6) is 0 Å². The third-order valence-corrected chi connectivity index (χ3v) is 2.56. The van der Waals surface area contributed by atoms with Crippen LogP contribution in [-0.4, -0.2) is 11.7 Å². The molecule has 0 rings (SSSR count). The zero-order valence-corrected chi connectivity index (χ0v) is 10.7. The Balaban J connectivity index is 3.65. The molecule has 0 aliphatic rings. The van der Waals surface area contributed by atoms with Crippen molar-refractivity contribution in [2.45, 2.75) is 53.4 Å². The molecular formula is C14H26O. The van der Waals surface area contributed by atoms with E-state index < -0.39 is 0 Å². The molecule has 1 atom stereocenters. The predicted octanol–water partition coefficient (Wildman–Crippen LogP) is 4.09. The Labute approximate surface area is 94.9 Å². The summed E-state index contributed by atoms with van der Waals surface area (Å²) in [5.74, 6) is 0.437. The van der Waals surface area contributed by atoms with Gasteiger partial charge in [0.05, 0.1) is 0 Å². The highest BCUT2D eigenvalue weighted by molar-refractivity contribution is 5.02. The number of hydrogen-bond acceptors (Lipinski definition) is 1. The van der Waals surface area contributed by atoms with Crippen LogP contribution in [0.3, 0.4) is 0 Å². The maximum Gasteiger partial charge on any atom is 0.0456 e. The van der Waals surface area contributed by atoms with Crippen LogP contribution >= 0.6 is 0 Å². The van der Waals surface area contributed by atoms with Gasteiger partial charge in [-0.2, -0.15) is 0 Å². The van der Waals surface area contributed by atoms with Gasteiger partial charge in [-0.25, -0.2) is 0 Å². The van der Waals surface area contributed by atoms with Gasteiger partial charge < -0.3 is 5.11 Å². The number of aliphatic hydroxyl groups is 1. The van der Waals surface area contributed by atoms with E-state index in [0.717, 1.165) is 19.3 Å². The highest BCUT2D eigenvalue weighted by Gasteiger charge is 1.97. The van der Waals surface area contributed by atoms with Gasteiger partial charge in [0.1, 0.15) is 0 Å². The Morgan fingerprint density at radius 3 is 2.33 bits per heavy atom. The summed E-state index contributed by atoms with van der Waals surface area (Å²) in [5, 5.41) is 8.87. The second-order valence-electron chi connectivity index (χ2n) is 4.74. The van der Waals surface area contributed by atoms with Gasteiger partial charge in [0.2, 0.25) is 0 Å². The van der Waals surface area contributed by atoms with Crippen molar-refractivity contribution in [2.24, 2.45) is 5.92 Å². The number of allylic oxidation sites excluding steroid dienone is 4.